The van der Waals surface area contributed by atoms with Crippen LogP contribution in [0.4, 0.5) is 0 Å². The highest BCUT2D eigenvalue weighted by molar-refractivity contribution is 5.80. The molecule has 25 heavy (non-hydrogen) atoms. The van der Waals surface area contributed by atoms with Crippen molar-refractivity contribution in [2.24, 2.45) is 23.7 Å². The first-order valence-corrected chi connectivity index (χ1v) is 10.8. The van der Waals surface area contributed by atoms with Crippen LogP contribution >= 0.6 is 0 Å². The molecule has 1 heteroatoms. The van der Waals surface area contributed by atoms with Crippen LogP contribution in [-0.4, -0.2) is 5.78 Å². The topological polar surface area (TPSA) is 17.1 Å². The molecule has 150 valence electrons. The molecule has 0 saturated heterocycles. The maximum atomic E-state index is 10.7. The van der Waals surface area contributed by atoms with Crippen molar-refractivity contribution in [3.05, 3.63) is 24.3 Å². The van der Waals surface area contributed by atoms with E-state index >= 15 is 0 Å². The number of hydrogen-bond donors (Lipinski definition) is 0. The van der Waals surface area contributed by atoms with Crippen molar-refractivity contribution in [1.29, 1.82) is 0 Å². The molecule has 1 saturated carbocycles. The fourth-order valence-electron chi connectivity index (χ4n) is 2.97. The molecule has 0 aromatic heterocycles. The van der Waals surface area contributed by atoms with Gasteiger partial charge in [-0.05, 0) is 37.5 Å². The Kier molecular flexibility index (Phi) is 24.5. The van der Waals surface area contributed by atoms with E-state index in [9.17, 15) is 4.79 Å². The molecular weight excluding hydrogens is 304 g/mol. The van der Waals surface area contributed by atoms with E-state index in [1.54, 1.807) is 6.92 Å². The quantitative estimate of drug-likeness (QED) is 0.489. The van der Waals surface area contributed by atoms with Gasteiger partial charge in [0.2, 0.25) is 0 Å². The van der Waals surface area contributed by atoms with Gasteiger partial charge in [0.05, 0.1) is 0 Å². The number of hydrogen-bond acceptors (Lipinski definition) is 1. The lowest BCUT2D eigenvalue weighted by molar-refractivity contribution is -0.119. The zero-order valence-corrected chi connectivity index (χ0v) is 19.1. The van der Waals surface area contributed by atoms with Gasteiger partial charge in [0.15, 0.2) is 0 Å². The van der Waals surface area contributed by atoms with Gasteiger partial charge in [-0.2, -0.15) is 0 Å². The Labute approximate surface area is 160 Å². The summed E-state index contributed by atoms with van der Waals surface area (Å²) in [6.07, 6.45) is 14.7. The normalized spacial score (nSPS) is 23.4. The highest BCUT2D eigenvalue weighted by atomic mass is 16.1. The molecule has 3 atom stereocenters. The van der Waals surface area contributed by atoms with Gasteiger partial charge in [-0.1, -0.05) is 106 Å². The Hall–Kier alpha value is -0.850. The summed E-state index contributed by atoms with van der Waals surface area (Å²) in [5.74, 6) is 3.36. The number of carbonyl (C=O) groups is 1. The molecule has 3 unspecified atom stereocenters. The Morgan fingerprint density at radius 1 is 0.960 bits per heavy atom. The molecule has 2 aliphatic rings. The van der Waals surface area contributed by atoms with Crippen LogP contribution in [-0.2, 0) is 4.79 Å². The van der Waals surface area contributed by atoms with Crippen molar-refractivity contribution in [2.75, 3.05) is 0 Å². The summed E-state index contributed by atoms with van der Waals surface area (Å²) in [5, 5.41) is 0. The number of Topliss-reactive ketones (excluding diaryl/α,β-unsaturated/α-hetero) is 1. The highest BCUT2D eigenvalue weighted by Crippen LogP contribution is 2.32. The second kappa shape index (κ2) is 21.2. The molecule has 0 radical (unpaired) electrons. The van der Waals surface area contributed by atoms with E-state index < -0.39 is 0 Å². The average molecular weight is 353 g/mol. The smallest absolute Gasteiger partial charge is 0.136 e. The summed E-state index contributed by atoms with van der Waals surface area (Å²) in [6.45, 7) is 20.8. The maximum absolute atomic E-state index is 10.7. The van der Waals surface area contributed by atoms with Crippen molar-refractivity contribution in [3.8, 4) is 0 Å². The molecular formula is C24H48O. The van der Waals surface area contributed by atoms with Gasteiger partial charge in [-0.3, -0.25) is 4.79 Å². The minimum absolute atomic E-state index is 0.148. The third-order valence-electron chi connectivity index (χ3n) is 4.42. The van der Waals surface area contributed by atoms with Crippen LogP contribution in [0.1, 0.15) is 101 Å². The molecule has 0 aromatic rings. The third kappa shape index (κ3) is 16.4. The van der Waals surface area contributed by atoms with Gasteiger partial charge in [0.1, 0.15) is 5.78 Å². The second-order valence-corrected chi connectivity index (χ2v) is 6.54. The van der Waals surface area contributed by atoms with E-state index in [1.807, 2.05) is 65.8 Å². The first-order valence-electron chi connectivity index (χ1n) is 10.8. The first-order chi connectivity index (χ1) is 12.0. The van der Waals surface area contributed by atoms with Gasteiger partial charge in [-0.25, -0.2) is 0 Å². The number of allylic oxidation sites excluding steroid dienone is 4. The molecule has 0 N–H and O–H groups in total. The van der Waals surface area contributed by atoms with Crippen molar-refractivity contribution < 1.29 is 4.79 Å². The lowest BCUT2D eigenvalue weighted by Gasteiger charge is -2.29. The maximum Gasteiger partial charge on any atom is 0.136 e. The minimum Gasteiger partial charge on any atom is -0.299 e. The lowest BCUT2D eigenvalue weighted by atomic mass is 9.77. The molecule has 1 nitrogen and oxygen atoms in total. The molecule has 2 rings (SSSR count). The first kappa shape index (κ1) is 28.9. The fraction of sp³-hybridized carbons (Fsp3) is 0.792. The summed E-state index contributed by atoms with van der Waals surface area (Å²) >= 11 is 0. The molecule has 0 aliphatic heterocycles. The fourth-order valence-corrected chi connectivity index (χ4v) is 2.97. The van der Waals surface area contributed by atoms with E-state index in [2.05, 4.69) is 20.8 Å². The van der Waals surface area contributed by atoms with Crippen LogP contribution in [0.5, 0.6) is 0 Å². The zero-order valence-electron chi connectivity index (χ0n) is 19.1. The number of carbonyl (C=O) groups excluding carboxylic acids is 1. The summed E-state index contributed by atoms with van der Waals surface area (Å²) in [5.41, 5.74) is 0. The summed E-state index contributed by atoms with van der Waals surface area (Å²) in [4.78, 5) is 10.7. The summed E-state index contributed by atoms with van der Waals surface area (Å²) in [6, 6.07) is 0. The van der Waals surface area contributed by atoms with E-state index in [0.717, 1.165) is 24.2 Å². The van der Waals surface area contributed by atoms with E-state index in [-0.39, 0.29) is 11.7 Å². The summed E-state index contributed by atoms with van der Waals surface area (Å²) in [7, 11) is 0. The van der Waals surface area contributed by atoms with Crippen molar-refractivity contribution in [3.63, 3.8) is 0 Å². The molecule has 0 heterocycles. The van der Waals surface area contributed by atoms with E-state index in [1.165, 1.54) is 25.7 Å². The van der Waals surface area contributed by atoms with Gasteiger partial charge in [0.25, 0.3) is 0 Å². The van der Waals surface area contributed by atoms with Gasteiger partial charge in [0, 0.05) is 5.92 Å². The predicted octanol–water partition coefficient (Wildman–Crippen LogP) is 8.26. The largest absolute Gasteiger partial charge is 0.299 e. The molecule has 0 bridgehead atoms. The Morgan fingerprint density at radius 3 is 1.80 bits per heavy atom. The van der Waals surface area contributed by atoms with Crippen LogP contribution in [0.25, 0.3) is 0 Å². The standard InChI is InChI=1S/C10H20.C8H10O.3C2H6/c1-8(2)10-6-4-5-9(3)7-10;1-7(9)8-5-3-2-4-6-8;3*1-2/h8-10H,4-7H2,1-3H3;2-5,8H,6H2,1H3;3*1-2H3. The lowest BCUT2D eigenvalue weighted by Crippen LogP contribution is -2.17. The minimum atomic E-state index is 0.148. The number of rotatable bonds is 2. The van der Waals surface area contributed by atoms with Gasteiger partial charge in [-0.15, -0.1) is 0 Å². The van der Waals surface area contributed by atoms with Crippen LogP contribution in [0.3, 0.4) is 0 Å². The van der Waals surface area contributed by atoms with Crippen molar-refractivity contribution in [2.45, 2.75) is 101 Å². The highest BCUT2D eigenvalue weighted by Gasteiger charge is 2.20. The predicted molar refractivity (Wildman–Crippen MR) is 117 cm³/mol. The average Bonchev–Trinajstić information content (AvgIpc) is 2.68. The van der Waals surface area contributed by atoms with Crippen molar-refractivity contribution >= 4 is 5.78 Å². The van der Waals surface area contributed by atoms with Crippen molar-refractivity contribution in [1.82, 2.24) is 0 Å². The SMILES string of the molecule is CC.CC.CC.CC(=O)C1C=CC=CC1.CC1CCCC(C(C)C)C1. The number of ketones is 1. The Morgan fingerprint density at radius 2 is 1.52 bits per heavy atom. The Balaban J connectivity index is -0.000000299. The molecule has 0 aromatic carbocycles. The molecule has 0 amide bonds. The third-order valence-corrected chi connectivity index (χ3v) is 4.42. The van der Waals surface area contributed by atoms with Gasteiger partial charge < -0.3 is 0 Å². The molecule has 1 fully saturated rings. The molecule has 0 spiro atoms. The monoisotopic (exact) mass is 352 g/mol. The van der Waals surface area contributed by atoms with Crippen LogP contribution < -0.4 is 0 Å². The van der Waals surface area contributed by atoms with Crippen LogP contribution in [0.2, 0.25) is 0 Å². The molecule has 2 aliphatic carbocycles. The van der Waals surface area contributed by atoms with E-state index in [0.29, 0.717) is 0 Å². The van der Waals surface area contributed by atoms with Gasteiger partial charge >= 0.3 is 0 Å². The second-order valence-electron chi connectivity index (χ2n) is 6.54. The van der Waals surface area contributed by atoms with E-state index in [4.69, 9.17) is 0 Å². The Bertz CT molecular complexity index is 325. The summed E-state index contributed by atoms with van der Waals surface area (Å²) < 4.78 is 0. The zero-order chi connectivity index (χ0) is 20.3. The van der Waals surface area contributed by atoms with Crippen LogP contribution in [0.15, 0.2) is 24.3 Å². The van der Waals surface area contributed by atoms with Crippen LogP contribution in [0, 0.1) is 23.7 Å².